The molecule has 0 bridgehead atoms. The number of piperazine rings is 2. The first-order valence-corrected chi connectivity index (χ1v) is 16.5. The van der Waals surface area contributed by atoms with E-state index in [1.165, 1.54) is 12.8 Å². The quantitative estimate of drug-likeness (QED) is 0.139. The number of nitrogens with zero attached hydrogens (tertiary/aromatic N) is 5. The molecule has 42 heavy (non-hydrogen) atoms. The summed E-state index contributed by atoms with van der Waals surface area (Å²) in [6.07, 6.45) is 10.4. The summed E-state index contributed by atoms with van der Waals surface area (Å²) in [5.41, 5.74) is 0. The molecule has 2 amide bonds. The van der Waals surface area contributed by atoms with Crippen molar-refractivity contribution in [3.63, 3.8) is 0 Å². The van der Waals surface area contributed by atoms with Gasteiger partial charge in [0.1, 0.15) is 0 Å². The molecule has 0 aromatic carbocycles. The third kappa shape index (κ3) is 13.0. The maximum Gasteiger partial charge on any atom is 0.410 e. The minimum atomic E-state index is -0.213. The number of rotatable bonds is 18. The minimum absolute atomic E-state index is 0.0649. The summed E-state index contributed by atoms with van der Waals surface area (Å²) in [5.74, 6) is 11.0. The molecule has 11 heteroatoms. The molecule has 2 aliphatic heterocycles. The fraction of sp³-hybridized carbons (Fsp3) is 0.935. The van der Waals surface area contributed by atoms with Crippen LogP contribution in [0, 0.1) is 0 Å². The number of carbonyl (C=O) groups is 2. The van der Waals surface area contributed by atoms with Crippen molar-refractivity contribution < 1.29 is 19.2 Å². The van der Waals surface area contributed by atoms with Gasteiger partial charge in [-0.15, -0.1) is 0 Å². The zero-order chi connectivity index (χ0) is 31.1. The van der Waals surface area contributed by atoms with Gasteiger partial charge < -0.3 is 14.5 Å². The van der Waals surface area contributed by atoms with Gasteiger partial charge in [-0.3, -0.25) is 30.3 Å². The highest BCUT2D eigenvalue weighted by Gasteiger charge is 2.39. The highest BCUT2D eigenvalue weighted by atomic mass is 16.6. The maximum absolute atomic E-state index is 13.2. The van der Waals surface area contributed by atoms with Gasteiger partial charge in [0.25, 0.3) is 0 Å². The van der Waals surface area contributed by atoms with Crippen LogP contribution in [0.4, 0.5) is 4.79 Å². The molecule has 0 aromatic heterocycles. The average Bonchev–Trinajstić information content (AvgIpc) is 2.90. The Morgan fingerprint density at radius 2 is 1.31 bits per heavy atom. The molecule has 0 radical (unpaired) electrons. The molecule has 4 unspecified atom stereocenters. The highest BCUT2D eigenvalue weighted by Crippen LogP contribution is 2.26. The molecule has 2 saturated heterocycles. The lowest BCUT2D eigenvalue weighted by Gasteiger charge is -2.48. The largest absolute Gasteiger partial charge is 0.447 e. The van der Waals surface area contributed by atoms with Crippen molar-refractivity contribution in [2.24, 2.45) is 11.7 Å². The molecule has 2 aliphatic rings. The molecule has 0 aliphatic carbocycles. The number of carbonyl (C=O) groups excluding carboxylic acids is 2. The molecule has 11 nitrogen and oxygen atoms in total. The van der Waals surface area contributed by atoms with E-state index in [0.717, 1.165) is 97.2 Å². The molecule has 0 aromatic rings. The fourth-order valence-electron chi connectivity index (χ4n) is 6.86. The zero-order valence-electron chi connectivity index (χ0n) is 27.6. The number of amides is 2. The lowest BCUT2D eigenvalue weighted by Crippen LogP contribution is -2.61. The number of ether oxygens (including phenoxy) is 1. The molecular weight excluding hydrogens is 534 g/mol. The van der Waals surface area contributed by atoms with Gasteiger partial charge in [0.15, 0.2) is 0 Å². The van der Waals surface area contributed by atoms with E-state index in [1.54, 1.807) is 11.9 Å². The van der Waals surface area contributed by atoms with Crippen molar-refractivity contribution in [2.45, 2.75) is 129 Å². The number of hydrogen-bond acceptors (Lipinski definition) is 9. The van der Waals surface area contributed by atoms with Crippen LogP contribution in [0.25, 0.3) is 0 Å². The second kappa shape index (κ2) is 19.7. The van der Waals surface area contributed by atoms with Crippen LogP contribution in [-0.4, -0.2) is 126 Å². The van der Waals surface area contributed by atoms with E-state index in [0.29, 0.717) is 6.61 Å². The second-order valence-corrected chi connectivity index (χ2v) is 13.0. The van der Waals surface area contributed by atoms with E-state index in [9.17, 15) is 9.59 Å². The molecular formula is C31H63N7O4. The molecule has 2 heterocycles. The van der Waals surface area contributed by atoms with Crippen molar-refractivity contribution in [2.75, 3.05) is 59.5 Å². The summed E-state index contributed by atoms with van der Waals surface area (Å²) < 4.78 is 5.70. The number of nitrogens with two attached hydrogens (primary N) is 2. The Balaban J connectivity index is 2.02. The monoisotopic (exact) mass is 597 g/mol. The number of hydrogen-bond donors (Lipinski definition) is 2. The van der Waals surface area contributed by atoms with Gasteiger partial charge in [-0.25, -0.2) is 10.7 Å². The van der Waals surface area contributed by atoms with Crippen LogP contribution in [0.15, 0.2) is 0 Å². The molecule has 4 N–H and O–H groups in total. The first-order valence-electron chi connectivity index (χ1n) is 16.5. The smallest absolute Gasteiger partial charge is 0.410 e. The topological polar surface area (TPSA) is 121 Å². The predicted molar refractivity (Wildman–Crippen MR) is 168 cm³/mol. The zero-order valence-corrected chi connectivity index (χ0v) is 27.6. The van der Waals surface area contributed by atoms with Crippen LogP contribution in [0.2, 0.25) is 0 Å². The molecule has 2 rings (SSSR count). The van der Waals surface area contributed by atoms with Gasteiger partial charge in [-0.05, 0) is 79.3 Å². The van der Waals surface area contributed by atoms with E-state index >= 15 is 0 Å². The van der Waals surface area contributed by atoms with Crippen molar-refractivity contribution in [1.82, 2.24) is 24.6 Å². The lowest BCUT2D eigenvalue weighted by atomic mass is 9.96. The summed E-state index contributed by atoms with van der Waals surface area (Å²) in [5, 5.41) is 1.75. The first-order chi connectivity index (χ1) is 20.0. The van der Waals surface area contributed by atoms with Gasteiger partial charge >= 0.3 is 6.09 Å². The molecule has 0 spiro atoms. The summed E-state index contributed by atoms with van der Waals surface area (Å²) in [6.45, 7) is 16.9. The van der Waals surface area contributed by atoms with E-state index in [1.807, 2.05) is 25.8 Å². The van der Waals surface area contributed by atoms with Crippen LogP contribution in [0.1, 0.15) is 98.8 Å². The van der Waals surface area contributed by atoms with Crippen molar-refractivity contribution in [1.29, 1.82) is 0 Å². The van der Waals surface area contributed by atoms with Gasteiger partial charge in [0.2, 0.25) is 5.91 Å². The van der Waals surface area contributed by atoms with Crippen molar-refractivity contribution in [3.05, 3.63) is 0 Å². The van der Waals surface area contributed by atoms with Crippen molar-refractivity contribution >= 4 is 12.0 Å². The Kier molecular flexibility index (Phi) is 17.2. The molecule has 4 atom stereocenters. The predicted octanol–water partition coefficient (Wildman–Crippen LogP) is 3.42. The Bertz CT molecular complexity index is 772. The second-order valence-electron chi connectivity index (χ2n) is 13.0. The molecule has 0 saturated carbocycles. The van der Waals surface area contributed by atoms with Crippen LogP contribution >= 0.6 is 0 Å². The highest BCUT2D eigenvalue weighted by molar-refractivity contribution is 5.74. The van der Waals surface area contributed by atoms with Crippen LogP contribution in [0.5, 0.6) is 0 Å². The van der Waals surface area contributed by atoms with Crippen molar-refractivity contribution in [3.8, 4) is 0 Å². The Morgan fingerprint density at radius 3 is 1.81 bits per heavy atom. The van der Waals surface area contributed by atoms with E-state index in [-0.39, 0.29) is 42.3 Å². The van der Waals surface area contributed by atoms with Gasteiger partial charge in [-0.1, -0.05) is 25.7 Å². The van der Waals surface area contributed by atoms with Crippen LogP contribution in [-0.2, 0) is 14.4 Å². The Labute approximate surface area is 256 Å². The van der Waals surface area contributed by atoms with Gasteiger partial charge in [0, 0.05) is 70.9 Å². The van der Waals surface area contributed by atoms with Gasteiger partial charge in [0.05, 0.1) is 12.7 Å². The third-order valence-electron chi connectivity index (χ3n) is 8.69. The van der Waals surface area contributed by atoms with Crippen LogP contribution < -0.4 is 11.7 Å². The molecule has 246 valence electrons. The van der Waals surface area contributed by atoms with Crippen LogP contribution in [0.3, 0.4) is 0 Å². The Hall–Kier alpha value is -1.50. The summed E-state index contributed by atoms with van der Waals surface area (Å²) in [7, 11) is 1.91. The summed E-state index contributed by atoms with van der Waals surface area (Å²) in [4.78, 5) is 39.8. The minimum Gasteiger partial charge on any atom is -0.447 e. The van der Waals surface area contributed by atoms with E-state index in [2.05, 4.69) is 33.4 Å². The summed E-state index contributed by atoms with van der Waals surface area (Å²) >= 11 is 0. The standard InChI is InChI=1S/C31H63N7O4/c1-25(2)42-31(40)38-27(4)22-36(18-12-8-7-11-17-34(6)32)24-30(38)16-15-29-23-35(19-13-9-10-14-20-41-33)21-26(3)37(29)28(5)39/h25-27,29-30H,7-24,32-33H2,1-6H3. The van der Waals surface area contributed by atoms with E-state index in [4.69, 9.17) is 16.5 Å². The van der Waals surface area contributed by atoms with Gasteiger partial charge in [-0.2, -0.15) is 0 Å². The normalized spacial score (nSPS) is 24.1. The maximum atomic E-state index is 13.2. The van der Waals surface area contributed by atoms with E-state index < -0.39 is 0 Å². The first kappa shape index (κ1) is 36.7. The number of unbranched alkanes of at least 4 members (excludes halogenated alkanes) is 6. The lowest BCUT2D eigenvalue weighted by molar-refractivity contribution is -0.137. The SMILES string of the molecule is CC(=O)N1C(C)CN(CCCCCCON)CC1CCC1CN(CCCCCCN(C)N)CC(C)N1C(=O)OC(C)C. The average molecular weight is 598 g/mol. The fourth-order valence-corrected chi connectivity index (χ4v) is 6.86. The molecule has 2 fully saturated rings. The third-order valence-corrected chi connectivity index (χ3v) is 8.69. The Morgan fingerprint density at radius 1 is 0.810 bits per heavy atom. The number of hydrazine groups is 1. The summed E-state index contributed by atoms with van der Waals surface area (Å²) in [6, 6.07) is 0.465.